The van der Waals surface area contributed by atoms with Gasteiger partial charge in [0.05, 0.1) is 15.3 Å². The van der Waals surface area contributed by atoms with Crippen molar-refractivity contribution in [2.45, 2.75) is 30.4 Å². The van der Waals surface area contributed by atoms with E-state index in [0.29, 0.717) is 16.5 Å². The molecule has 1 rings (SSSR count). The number of halogens is 2. The van der Waals surface area contributed by atoms with Gasteiger partial charge < -0.3 is 0 Å². The standard InChI is InChI=1S/C11H12Cl2OS/c1-3-11(14)7(2)15-8-4-5-9(12)10(13)6-8/h4-7H,3H2,1-2H3. The summed E-state index contributed by atoms with van der Waals surface area (Å²) in [6, 6.07) is 5.40. The lowest BCUT2D eigenvalue weighted by Crippen LogP contribution is -2.10. The molecule has 0 heterocycles. The van der Waals surface area contributed by atoms with Gasteiger partial charge in [-0.2, -0.15) is 0 Å². The van der Waals surface area contributed by atoms with Crippen LogP contribution >= 0.6 is 35.0 Å². The van der Waals surface area contributed by atoms with Crippen molar-refractivity contribution in [3.63, 3.8) is 0 Å². The maximum atomic E-state index is 11.4. The summed E-state index contributed by atoms with van der Waals surface area (Å²) in [5, 5.41) is 1.03. The van der Waals surface area contributed by atoms with Crippen molar-refractivity contribution in [2.24, 2.45) is 0 Å². The lowest BCUT2D eigenvalue weighted by Gasteiger charge is -2.09. The number of carbonyl (C=O) groups is 1. The first kappa shape index (κ1) is 12.9. The van der Waals surface area contributed by atoms with Gasteiger partial charge in [0, 0.05) is 11.3 Å². The molecule has 0 radical (unpaired) electrons. The molecule has 0 saturated carbocycles. The van der Waals surface area contributed by atoms with Crippen LogP contribution in [0.3, 0.4) is 0 Å². The van der Waals surface area contributed by atoms with Crippen LogP contribution in [0.1, 0.15) is 20.3 Å². The Labute approximate surface area is 104 Å². The van der Waals surface area contributed by atoms with Crippen molar-refractivity contribution in [3.8, 4) is 0 Å². The first-order chi connectivity index (χ1) is 7.04. The summed E-state index contributed by atoms with van der Waals surface area (Å²) >= 11 is 13.2. The second-order valence-electron chi connectivity index (χ2n) is 3.16. The first-order valence-corrected chi connectivity index (χ1v) is 6.32. The molecule has 0 aliphatic carbocycles. The van der Waals surface area contributed by atoms with Crippen molar-refractivity contribution < 1.29 is 4.79 Å². The van der Waals surface area contributed by atoms with Gasteiger partial charge in [0.2, 0.25) is 0 Å². The van der Waals surface area contributed by atoms with E-state index in [4.69, 9.17) is 23.2 Å². The molecule has 0 amide bonds. The second-order valence-corrected chi connectivity index (χ2v) is 5.38. The molecule has 1 atom stereocenters. The third-order valence-corrected chi connectivity index (χ3v) is 3.89. The number of carbonyl (C=O) groups excluding carboxylic acids is 1. The molecule has 82 valence electrons. The van der Waals surface area contributed by atoms with E-state index in [0.717, 1.165) is 4.90 Å². The summed E-state index contributed by atoms with van der Waals surface area (Å²) in [4.78, 5) is 12.4. The Morgan fingerprint density at radius 3 is 2.60 bits per heavy atom. The average molecular weight is 263 g/mol. The molecule has 0 saturated heterocycles. The molecule has 1 aromatic carbocycles. The average Bonchev–Trinajstić information content (AvgIpc) is 2.22. The fraction of sp³-hybridized carbons (Fsp3) is 0.364. The molecule has 15 heavy (non-hydrogen) atoms. The van der Waals surface area contributed by atoms with Gasteiger partial charge in [-0.05, 0) is 25.1 Å². The van der Waals surface area contributed by atoms with Crippen molar-refractivity contribution in [2.75, 3.05) is 0 Å². The number of hydrogen-bond donors (Lipinski definition) is 0. The van der Waals surface area contributed by atoms with E-state index in [9.17, 15) is 4.79 Å². The Balaban J connectivity index is 2.73. The zero-order valence-electron chi connectivity index (χ0n) is 8.59. The third-order valence-electron chi connectivity index (χ3n) is 2.01. The SMILES string of the molecule is CCC(=O)C(C)Sc1ccc(Cl)c(Cl)c1. The van der Waals surface area contributed by atoms with Crippen LogP contribution < -0.4 is 0 Å². The van der Waals surface area contributed by atoms with Gasteiger partial charge in [-0.3, -0.25) is 4.79 Å². The van der Waals surface area contributed by atoms with E-state index < -0.39 is 0 Å². The molecule has 0 spiro atoms. The van der Waals surface area contributed by atoms with Crippen LogP contribution in [0, 0.1) is 0 Å². The summed E-state index contributed by atoms with van der Waals surface area (Å²) < 4.78 is 0. The Kier molecular flexibility index (Phi) is 4.97. The zero-order chi connectivity index (χ0) is 11.4. The fourth-order valence-electron chi connectivity index (χ4n) is 1.11. The maximum absolute atomic E-state index is 11.4. The van der Waals surface area contributed by atoms with Crippen molar-refractivity contribution in [1.29, 1.82) is 0 Å². The van der Waals surface area contributed by atoms with Crippen molar-refractivity contribution in [3.05, 3.63) is 28.2 Å². The van der Waals surface area contributed by atoms with Gasteiger partial charge in [-0.1, -0.05) is 30.1 Å². The van der Waals surface area contributed by atoms with Crippen molar-refractivity contribution >= 4 is 40.7 Å². The first-order valence-electron chi connectivity index (χ1n) is 4.69. The summed E-state index contributed by atoms with van der Waals surface area (Å²) in [6.07, 6.45) is 0.565. The summed E-state index contributed by atoms with van der Waals surface area (Å²) in [5.41, 5.74) is 0. The predicted octanol–water partition coefficient (Wildman–Crippen LogP) is 4.45. The third kappa shape index (κ3) is 3.71. The van der Waals surface area contributed by atoms with Crippen LogP contribution in [0.2, 0.25) is 10.0 Å². The smallest absolute Gasteiger partial charge is 0.145 e. The summed E-state index contributed by atoms with van der Waals surface area (Å²) in [5.74, 6) is 0.242. The van der Waals surface area contributed by atoms with Gasteiger partial charge in [0.25, 0.3) is 0 Å². The summed E-state index contributed by atoms with van der Waals surface area (Å²) in [6.45, 7) is 3.77. The fourth-order valence-corrected chi connectivity index (χ4v) is 2.51. The number of rotatable bonds is 4. The van der Waals surface area contributed by atoms with Gasteiger partial charge in [0.1, 0.15) is 5.78 Å². The normalized spacial score (nSPS) is 12.5. The molecule has 1 nitrogen and oxygen atoms in total. The number of thioether (sulfide) groups is 1. The highest BCUT2D eigenvalue weighted by Gasteiger charge is 2.12. The van der Waals surface area contributed by atoms with E-state index in [1.807, 2.05) is 19.9 Å². The number of ketones is 1. The molecule has 0 bridgehead atoms. The predicted molar refractivity (Wildman–Crippen MR) is 67.1 cm³/mol. The Hall–Kier alpha value is -0.180. The van der Waals surface area contributed by atoms with Crippen LogP contribution in [0.4, 0.5) is 0 Å². The quantitative estimate of drug-likeness (QED) is 0.746. The number of Topliss-reactive ketones (excluding diaryl/α,β-unsaturated/α-hetero) is 1. The van der Waals surface area contributed by atoms with Gasteiger partial charge in [0.15, 0.2) is 0 Å². The van der Waals surface area contributed by atoms with Gasteiger partial charge in [-0.25, -0.2) is 0 Å². The minimum absolute atomic E-state index is 0.0350. The lowest BCUT2D eigenvalue weighted by atomic mass is 10.2. The highest BCUT2D eigenvalue weighted by Crippen LogP contribution is 2.30. The molecule has 0 fully saturated rings. The van der Waals surface area contributed by atoms with Crippen LogP contribution in [-0.4, -0.2) is 11.0 Å². The highest BCUT2D eigenvalue weighted by molar-refractivity contribution is 8.00. The van der Waals surface area contributed by atoms with Gasteiger partial charge >= 0.3 is 0 Å². The van der Waals surface area contributed by atoms with Crippen LogP contribution in [-0.2, 0) is 4.79 Å². The van der Waals surface area contributed by atoms with Crippen LogP contribution in [0.25, 0.3) is 0 Å². The molecule has 0 aliphatic heterocycles. The largest absolute Gasteiger partial charge is 0.298 e. The summed E-state index contributed by atoms with van der Waals surface area (Å²) in [7, 11) is 0. The van der Waals surface area contributed by atoms with Crippen molar-refractivity contribution in [1.82, 2.24) is 0 Å². The Bertz CT molecular complexity index is 366. The Morgan fingerprint density at radius 1 is 1.40 bits per heavy atom. The van der Waals surface area contributed by atoms with Gasteiger partial charge in [-0.15, -0.1) is 11.8 Å². The molecule has 1 unspecified atom stereocenters. The van der Waals surface area contributed by atoms with Crippen LogP contribution in [0.15, 0.2) is 23.1 Å². The minimum atomic E-state index is -0.0350. The second kappa shape index (κ2) is 5.78. The maximum Gasteiger partial charge on any atom is 0.145 e. The Morgan fingerprint density at radius 2 is 2.07 bits per heavy atom. The number of hydrogen-bond acceptors (Lipinski definition) is 2. The van der Waals surface area contributed by atoms with E-state index in [1.54, 1.807) is 12.1 Å². The molecular formula is C11H12Cl2OS. The van der Waals surface area contributed by atoms with Crippen LogP contribution in [0.5, 0.6) is 0 Å². The zero-order valence-corrected chi connectivity index (χ0v) is 10.9. The monoisotopic (exact) mass is 262 g/mol. The van der Waals surface area contributed by atoms with E-state index >= 15 is 0 Å². The number of benzene rings is 1. The van der Waals surface area contributed by atoms with E-state index in [1.165, 1.54) is 11.8 Å². The molecular weight excluding hydrogens is 251 g/mol. The molecule has 0 N–H and O–H groups in total. The van der Waals surface area contributed by atoms with E-state index in [-0.39, 0.29) is 11.0 Å². The molecule has 0 aromatic heterocycles. The topological polar surface area (TPSA) is 17.1 Å². The molecule has 0 aliphatic rings. The minimum Gasteiger partial charge on any atom is -0.298 e. The lowest BCUT2D eigenvalue weighted by molar-refractivity contribution is -0.117. The molecule has 4 heteroatoms. The highest BCUT2D eigenvalue weighted by atomic mass is 35.5. The van der Waals surface area contributed by atoms with E-state index in [2.05, 4.69) is 0 Å². The molecule has 1 aromatic rings.